The molecule has 1 unspecified atom stereocenters. The van der Waals surface area contributed by atoms with E-state index >= 15 is 0 Å². The number of fused-ring (bicyclic) bond motifs is 1. The zero-order chi connectivity index (χ0) is 17.5. The van der Waals surface area contributed by atoms with Gasteiger partial charge in [-0.05, 0) is 13.8 Å². The number of anilines is 1. The normalized spacial score (nSPS) is 18.3. The monoisotopic (exact) mass is 344 g/mol. The summed E-state index contributed by atoms with van der Waals surface area (Å²) in [6, 6.07) is 1.71. The van der Waals surface area contributed by atoms with Gasteiger partial charge < -0.3 is 10.0 Å². The lowest BCUT2D eigenvalue weighted by molar-refractivity contribution is -0.144. The van der Waals surface area contributed by atoms with Gasteiger partial charge in [0.15, 0.2) is 0 Å². The molecule has 1 N–H and O–H groups in total. The third-order valence-corrected chi connectivity index (χ3v) is 3.89. The number of aromatic nitrogens is 4. The van der Waals surface area contributed by atoms with Crippen LogP contribution in [0.4, 0.5) is 19.0 Å². The molecule has 1 aliphatic rings. The molecule has 0 amide bonds. The molecule has 0 bridgehead atoms. The summed E-state index contributed by atoms with van der Waals surface area (Å²) >= 11 is 0. The van der Waals surface area contributed by atoms with Crippen molar-refractivity contribution in [2.75, 3.05) is 37.6 Å². The molecule has 24 heavy (non-hydrogen) atoms. The predicted octanol–water partition coefficient (Wildman–Crippen LogP) is 0.954. The molecule has 0 radical (unpaired) electrons. The van der Waals surface area contributed by atoms with Gasteiger partial charge in [-0.25, -0.2) is 4.98 Å². The second kappa shape index (κ2) is 6.17. The molecule has 0 saturated carbocycles. The molecule has 1 atom stereocenters. The zero-order valence-electron chi connectivity index (χ0n) is 13.5. The van der Waals surface area contributed by atoms with Gasteiger partial charge in [-0.15, -0.1) is 5.10 Å². The van der Waals surface area contributed by atoms with Crippen molar-refractivity contribution in [2.24, 2.45) is 0 Å². The highest BCUT2D eigenvalue weighted by Crippen LogP contribution is 2.28. The van der Waals surface area contributed by atoms with E-state index in [1.165, 1.54) is 0 Å². The lowest BCUT2D eigenvalue weighted by Crippen LogP contribution is -2.48. The predicted molar refractivity (Wildman–Crippen MR) is 80.9 cm³/mol. The minimum absolute atomic E-state index is 0.0521. The van der Waals surface area contributed by atoms with Gasteiger partial charge in [-0.1, -0.05) is 0 Å². The van der Waals surface area contributed by atoms with E-state index in [1.54, 1.807) is 19.9 Å². The molecule has 0 aromatic carbocycles. The Kier molecular flexibility index (Phi) is 4.35. The Balaban J connectivity index is 1.88. The Morgan fingerprint density at radius 3 is 2.46 bits per heavy atom. The number of aliphatic hydroxyl groups is 1. The standard InChI is InChI=1S/C14H19F3N6O/c1-9-7-11(22-5-3-21(4-6-22)8-10(2)24)23-13(18-9)19-12(20-23)14(15,16)17/h7,10,24H,3-6,8H2,1-2H3. The summed E-state index contributed by atoms with van der Waals surface area (Å²) in [4.78, 5) is 11.6. The molecule has 1 aliphatic heterocycles. The number of halogens is 3. The maximum absolute atomic E-state index is 12.9. The zero-order valence-corrected chi connectivity index (χ0v) is 13.5. The van der Waals surface area contributed by atoms with Crippen LogP contribution in [0, 0.1) is 6.92 Å². The molecule has 0 spiro atoms. The largest absolute Gasteiger partial charge is 0.453 e. The van der Waals surface area contributed by atoms with Crippen LogP contribution >= 0.6 is 0 Å². The second-order valence-electron chi connectivity index (χ2n) is 6.04. The summed E-state index contributed by atoms with van der Waals surface area (Å²) in [6.07, 6.45) is -5.01. The van der Waals surface area contributed by atoms with Crippen molar-refractivity contribution >= 4 is 11.6 Å². The quantitative estimate of drug-likeness (QED) is 0.894. The highest BCUT2D eigenvalue weighted by Gasteiger charge is 2.37. The van der Waals surface area contributed by atoms with Crippen LogP contribution < -0.4 is 4.90 Å². The fourth-order valence-electron chi connectivity index (χ4n) is 2.85. The molecule has 2 aromatic heterocycles. The number of hydrogen-bond donors (Lipinski definition) is 1. The Labute approximate surface area is 136 Å². The van der Waals surface area contributed by atoms with Crippen LogP contribution in [-0.2, 0) is 6.18 Å². The fraction of sp³-hybridized carbons (Fsp3) is 0.643. The van der Waals surface area contributed by atoms with Crippen LogP contribution in [0.25, 0.3) is 5.78 Å². The molecule has 3 rings (SSSR count). The van der Waals surface area contributed by atoms with Crippen LogP contribution in [0.3, 0.4) is 0 Å². The van der Waals surface area contributed by atoms with E-state index < -0.39 is 18.1 Å². The van der Waals surface area contributed by atoms with E-state index in [0.717, 1.165) is 4.52 Å². The molecular formula is C14H19F3N6O. The van der Waals surface area contributed by atoms with E-state index in [4.69, 9.17) is 0 Å². The Morgan fingerprint density at radius 1 is 1.21 bits per heavy atom. The number of piperazine rings is 1. The second-order valence-corrected chi connectivity index (χ2v) is 6.04. The molecule has 132 valence electrons. The number of β-amino-alcohol motifs (C(OH)–C–C–N with tert-alkyl or cyclic N) is 1. The molecule has 1 saturated heterocycles. The first-order chi connectivity index (χ1) is 11.2. The van der Waals surface area contributed by atoms with Crippen LogP contribution in [0.15, 0.2) is 6.07 Å². The van der Waals surface area contributed by atoms with Gasteiger partial charge in [0.2, 0.25) is 0 Å². The third kappa shape index (κ3) is 3.44. The first kappa shape index (κ1) is 16.9. The summed E-state index contributed by atoms with van der Waals surface area (Å²) in [5.41, 5.74) is 0.588. The maximum Gasteiger partial charge on any atom is 0.453 e. The molecule has 7 nitrogen and oxygen atoms in total. The minimum atomic E-state index is -4.60. The van der Waals surface area contributed by atoms with Crippen LogP contribution in [0.2, 0.25) is 0 Å². The molecule has 1 fully saturated rings. The van der Waals surface area contributed by atoms with E-state index in [-0.39, 0.29) is 5.78 Å². The van der Waals surface area contributed by atoms with Gasteiger partial charge in [0, 0.05) is 44.5 Å². The summed E-state index contributed by atoms with van der Waals surface area (Å²) in [7, 11) is 0. The smallest absolute Gasteiger partial charge is 0.392 e. The lowest BCUT2D eigenvalue weighted by Gasteiger charge is -2.36. The Bertz CT molecular complexity index is 721. The van der Waals surface area contributed by atoms with Crippen molar-refractivity contribution in [3.8, 4) is 0 Å². The van der Waals surface area contributed by atoms with Crippen molar-refractivity contribution in [1.29, 1.82) is 0 Å². The lowest BCUT2D eigenvalue weighted by atomic mass is 10.2. The van der Waals surface area contributed by atoms with E-state index in [2.05, 4.69) is 20.0 Å². The van der Waals surface area contributed by atoms with Crippen LogP contribution in [0.1, 0.15) is 18.4 Å². The van der Waals surface area contributed by atoms with Gasteiger partial charge in [0.1, 0.15) is 5.82 Å². The van der Waals surface area contributed by atoms with Crippen molar-refractivity contribution in [1.82, 2.24) is 24.5 Å². The number of aliphatic hydroxyl groups excluding tert-OH is 1. The Morgan fingerprint density at radius 2 is 1.88 bits per heavy atom. The highest BCUT2D eigenvalue weighted by molar-refractivity contribution is 5.48. The number of rotatable bonds is 3. The summed E-state index contributed by atoms with van der Waals surface area (Å²) in [6.45, 7) is 6.73. The Hall–Kier alpha value is -1.94. The minimum Gasteiger partial charge on any atom is -0.392 e. The van der Waals surface area contributed by atoms with Crippen molar-refractivity contribution in [3.05, 3.63) is 17.6 Å². The third-order valence-electron chi connectivity index (χ3n) is 3.89. The van der Waals surface area contributed by atoms with Gasteiger partial charge in [0.25, 0.3) is 11.6 Å². The molecule has 3 heterocycles. The SMILES string of the molecule is Cc1cc(N2CCN(CC(C)O)CC2)n2nc(C(F)(F)F)nc2n1. The van der Waals surface area contributed by atoms with E-state index in [0.29, 0.717) is 44.2 Å². The average Bonchev–Trinajstić information content (AvgIpc) is 2.90. The van der Waals surface area contributed by atoms with Gasteiger partial charge >= 0.3 is 6.18 Å². The fourth-order valence-corrected chi connectivity index (χ4v) is 2.85. The summed E-state index contributed by atoms with van der Waals surface area (Å²) in [5.74, 6) is -0.685. The summed E-state index contributed by atoms with van der Waals surface area (Å²) in [5, 5.41) is 13.0. The number of alkyl halides is 3. The number of aryl methyl sites for hydroxylation is 1. The van der Waals surface area contributed by atoms with Crippen molar-refractivity contribution in [3.63, 3.8) is 0 Å². The van der Waals surface area contributed by atoms with Gasteiger partial charge in [0.05, 0.1) is 6.10 Å². The molecule has 10 heteroatoms. The first-order valence-electron chi connectivity index (χ1n) is 7.71. The number of hydrogen-bond acceptors (Lipinski definition) is 6. The average molecular weight is 344 g/mol. The first-order valence-corrected chi connectivity index (χ1v) is 7.71. The topological polar surface area (TPSA) is 69.8 Å². The molecular weight excluding hydrogens is 325 g/mol. The highest BCUT2D eigenvalue weighted by atomic mass is 19.4. The van der Waals surface area contributed by atoms with E-state index in [1.807, 2.05) is 4.90 Å². The maximum atomic E-state index is 12.9. The van der Waals surface area contributed by atoms with Gasteiger partial charge in [-0.2, -0.15) is 22.7 Å². The molecule has 2 aromatic rings. The van der Waals surface area contributed by atoms with Crippen LogP contribution in [-0.4, -0.2) is 68.4 Å². The summed E-state index contributed by atoms with van der Waals surface area (Å²) < 4.78 is 39.7. The van der Waals surface area contributed by atoms with E-state index in [9.17, 15) is 18.3 Å². The van der Waals surface area contributed by atoms with Gasteiger partial charge in [-0.3, -0.25) is 4.90 Å². The van der Waals surface area contributed by atoms with Crippen LogP contribution in [0.5, 0.6) is 0 Å². The number of nitrogens with zero attached hydrogens (tertiary/aromatic N) is 6. The van der Waals surface area contributed by atoms with Crippen molar-refractivity contribution < 1.29 is 18.3 Å². The molecule has 0 aliphatic carbocycles. The van der Waals surface area contributed by atoms with Crippen molar-refractivity contribution in [2.45, 2.75) is 26.1 Å².